The molecule has 2 aliphatic heterocycles. The van der Waals surface area contributed by atoms with Gasteiger partial charge in [0, 0.05) is 26.7 Å². The second-order valence-electron chi connectivity index (χ2n) is 5.56. The zero-order valence-electron chi connectivity index (χ0n) is 13.0. The van der Waals surface area contributed by atoms with Gasteiger partial charge in [-0.3, -0.25) is 4.79 Å². The monoisotopic (exact) mass is 307 g/mol. The number of benzene rings is 1. The summed E-state index contributed by atoms with van der Waals surface area (Å²) < 4.78 is 5.31. The van der Waals surface area contributed by atoms with Crippen LogP contribution in [0, 0.1) is 0 Å². The average molecular weight is 307 g/mol. The highest BCUT2D eigenvalue weighted by Gasteiger charge is 2.41. The lowest BCUT2D eigenvalue weighted by molar-refractivity contribution is 0.0527. The maximum Gasteiger partial charge on any atom is 0.256 e. The smallest absolute Gasteiger partial charge is 0.256 e. The van der Waals surface area contributed by atoms with Gasteiger partial charge in [-0.15, -0.1) is 0 Å². The number of fused-ring (bicyclic) bond motifs is 2. The molecule has 0 radical (unpaired) electrons. The quantitative estimate of drug-likeness (QED) is 0.796. The van der Waals surface area contributed by atoms with Gasteiger partial charge >= 0.3 is 0 Å². The van der Waals surface area contributed by atoms with E-state index in [-0.39, 0.29) is 11.9 Å². The molecule has 7 heteroatoms. The van der Waals surface area contributed by atoms with Crippen LogP contribution in [0.2, 0.25) is 0 Å². The number of likely N-dealkylation sites (N-methyl/N-ethyl adjacent to an activating group) is 1. The second kappa shape index (κ2) is 5.66. The van der Waals surface area contributed by atoms with Crippen molar-refractivity contribution in [1.29, 1.82) is 0 Å². The molecule has 0 spiro atoms. The van der Waals surface area contributed by atoms with E-state index in [9.17, 15) is 9.90 Å². The lowest BCUT2D eigenvalue weighted by atomic mass is 10.1. The third-order valence-corrected chi connectivity index (χ3v) is 4.41. The number of nitrogens with one attached hydrogen (secondary N) is 1. The first-order chi connectivity index (χ1) is 10.6. The number of aliphatic hydroxyl groups excluding tert-OH is 1. The van der Waals surface area contributed by atoms with E-state index in [0.717, 1.165) is 12.8 Å². The van der Waals surface area contributed by atoms with Gasteiger partial charge in [-0.1, -0.05) is 0 Å². The van der Waals surface area contributed by atoms with Crippen LogP contribution in [0.15, 0.2) is 12.1 Å². The van der Waals surface area contributed by atoms with Crippen LogP contribution in [0.1, 0.15) is 23.2 Å². The minimum atomic E-state index is -0.733. The molecule has 2 aliphatic rings. The molecule has 2 unspecified atom stereocenters. The first kappa shape index (κ1) is 14.9. The fourth-order valence-electron chi connectivity index (χ4n) is 3.27. The van der Waals surface area contributed by atoms with Gasteiger partial charge < -0.3 is 24.5 Å². The molecule has 1 amide bonds. The van der Waals surface area contributed by atoms with Crippen molar-refractivity contribution in [2.24, 2.45) is 0 Å². The Bertz CT molecular complexity index is 592. The molecule has 1 aromatic rings. The molecule has 22 heavy (non-hydrogen) atoms. The summed E-state index contributed by atoms with van der Waals surface area (Å²) in [6, 6.07) is 3.21. The predicted molar refractivity (Wildman–Crippen MR) is 81.2 cm³/mol. The van der Waals surface area contributed by atoms with Crippen molar-refractivity contribution in [3.63, 3.8) is 0 Å². The van der Waals surface area contributed by atoms with Gasteiger partial charge in [0.2, 0.25) is 0 Å². The Labute approximate surface area is 129 Å². The zero-order chi connectivity index (χ0) is 15.9. The number of aliphatic hydroxyl groups is 1. The number of ether oxygens (including phenoxy) is 1. The Morgan fingerprint density at radius 1 is 1.36 bits per heavy atom. The molecule has 2 heterocycles. The molecule has 1 saturated heterocycles. The standard InChI is InChI=1S/C15H21N3O4/c1-16-22-13-8-11-9(7-12(13)21-3)14(19)18-6-4-5-10(18)15(20)17(11)2/h7-8,10,15-16,20H,4-6H2,1-3H3. The molecule has 2 atom stereocenters. The highest BCUT2D eigenvalue weighted by atomic mass is 16.7. The van der Waals surface area contributed by atoms with Gasteiger partial charge in [-0.25, -0.2) is 0 Å². The Morgan fingerprint density at radius 2 is 2.14 bits per heavy atom. The minimum Gasteiger partial charge on any atom is -0.493 e. The van der Waals surface area contributed by atoms with Crippen LogP contribution in [0.25, 0.3) is 0 Å². The van der Waals surface area contributed by atoms with Crippen molar-refractivity contribution in [3.8, 4) is 11.5 Å². The van der Waals surface area contributed by atoms with Crippen molar-refractivity contribution in [3.05, 3.63) is 17.7 Å². The van der Waals surface area contributed by atoms with Crippen molar-refractivity contribution in [2.45, 2.75) is 25.1 Å². The number of methoxy groups -OCH3 is 1. The lowest BCUT2D eigenvalue weighted by Gasteiger charge is -2.31. The van der Waals surface area contributed by atoms with Gasteiger partial charge in [0.1, 0.15) is 6.23 Å². The van der Waals surface area contributed by atoms with E-state index in [4.69, 9.17) is 9.57 Å². The molecular formula is C15H21N3O4. The summed E-state index contributed by atoms with van der Waals surface area (Å²) in [5.41, 5.74) is 3.76. The molecule has 3 rings (SSSR count). The van der Waals surface area contributed by atoms with Crippen molar-refractivity contribution in [1.82, 2.24) is 10.4 Å². The second-order valence-corrected chi connectivity index (χ2v) is 5.56. The van der Waals surface area contributed by atoms with E-state index >= 15 is 0 Å². The molecular weight excluding hydrogens is 286 g/mol. The molecule has 0 aromatic heterocycles. The number of hydroxylamine groups is 1. The summed E-state index contributed by atoms with van der Waals surface area (Å²) in [6.45, 7) is 0.672. The predicted octanol–water partition coefficient (Wildman–Crippen LogP) is 0.581. The van der Waals surface area contributed by atoms with E-state index in [0.29, 0.717) is 29.3 Å². The van der Waals surface area contributed by atoms with E-state index in [2.05, 4.69) is 5.48 Å². The normalized spacial score (nSPS) is 23.9. The summed E-state index contributed by atoms with van der Waals surface area (Å²) >= 11 is 0. The van der Waals surface area contributed by atoms with Gasteiger partial charge in [0.15, 0.2) is 11.5 Å². The highest BCUT2D eigenvalue weighted by molar-refractivity contribution is 6.02. The fourth-order valence-corrected chi connectivity index (χ4v) is 3.27. The fraction of sp³-hybridized carbons (Fsp3) is 0.533. The molecule has 0 bridgehead atoms. The summed E-state index contributed by atoms with van der Waals surface area (Å²) in [7, 11) is 4.96. The topological polar surface area (TPSA) is 74.3 Å². The first-order valence-corrected chi connectivity index (χ1v) is 7.36. The molecule has 0 saturated carbocycles. The van der Waals surface area contributed by atoms with Crippen LogP contribution in [-0.4, -0.2) is 55.9 Å². The first-order valence-electron chi connectivity index (χ1n) is 7.36. The average Bonchev–Trinajstić information content (AvgIpc) is 2.99. The third kappa shape index (κ3) is 2.17. The number of carbonyl (C=O) groups excluding carboxylic acids is 1. The molecule has 1 fully saturated rings. The zero-order valence-corrected chi connectivity index (χ0v) is 13.0. The number of hydrogen-bond donors (Lipinski definition) is 2. The summed E-state index contributed by atoms with van der Waals surface area (Å²) in [5.74, 6) is 0.870. The number of amides is 1. The van der Waals surface area contributed by atoms with Gasteiger partial charge in [0.05, 0.1) is 24.4 Å². The number of carbonyl (C=O) groups is 1. The van der Waals surface area contributed by atoms with Crippen LogP contribution >= 0.6 is 0 Å². The Hall–Kier alpha value is -1.99. The Morgan fingerprint density at radius 3 is 2.82 bits per heavy atom. The number of rotatable bonds is 3. The largest absolute Gasteiger partial charge is 0.493 e. The molecule has 0 aliphatic carbocycles. The third-order valence-electron chi connectivity index (χ3n) is 4.41. The molecule has 1 aromatic carbocycles. The SMILES string of the molecule is CNOc1cc2c(cc1OC)C(=O)N1CCCC1C(O)N2C. The Kier molecular flexibility index (Phi) is 3.84. The summed E-state index contributed by atoms with van der Waals surface area (Å²) in [6.07, 6.45) is 0.986. The van der Waals surface area contributed by atoms with Crippen LogP contribution < -0.4 is 20.0 Å². The Balaban J connectivity index is 2.13. The van der Waals surface area contributed by atoms with E-state index in [1.165, 1.54) is 7.11 Å². The number of hydrogen-bond acceptors (Lipinski definition) is 6. The minimum absolute atomic E-state index is 0.0739. The lowest BCUT2D eigenvalue weighted by Crippen LogP contribution is -2.47. The summed E-state index contributed by atoms with van der Waals surface area (Å²) in [4.78, 5) is 21.6. The van der Waals surface area contributed by atoms with E-state index in [1.807, 2.05) is 0 Å². The maximum atomic E-state index is 12.8. The van der Waals surface area contributed by atoms with Crippen LogP contribution in [0.5, 0.6) is 11.5 Å². The van der Waals surface area contributed by atoms with Crippen LogP contribution in [0.3, 0.4) is 0 Å². The van der Waals surface area contributed by atoms with E-state index < -0.39 is 6.23 Å². The molecule has 2 N–H and O–H groups in total. The van der Waals surface area contributed by atoms with Crippen LogP contribution in [-0.2, 0) is 0 Å². The van der Waals surface area contributed by atoms with Crippen LogP contribution in [0.4, 0.5) is 5.69 Å². The van der Waals surface area contributed by atoms with Gasteiger partial charge in [-0.2, -0.15) is 5.48 Å². The van der Waals surface area contributed by atoms with Gasteiger partial charge in [-0.05, 0) is 18.9 Å². The molecule has 7 nitrogen and oxygen atoms in total. The number of anilines is 1. The number of nitrogens with zero attached hydrogens (tertiary/aromatic N) is 2. The van der Waals surface area contributed by atoms with Crippen molar-refractivity contribution >= 4 is 11.6 Å². The van der Waals surface area contributed by atoms with Crippen molar-refractivity contribution in [2.75, 3.05) is 32.6 Å². The molecule has 120 valence electrons. The maximum absolute atomic E-state index is 12.8. The van der Waals surface area contributed by atoms with Gasteiger partial charge in [0.25, 0.3) is 5.91 Å². The highest BCUT2D eigenvalue weighted by Crippen LogP contribution is 2.39. The van der Waals surface area contributed by atoms with Crippen molar-refractivity contribution < 1.29 is 19.5 Å². The van der Waals surface area contributed by atoms with E-state index in [1.54, 1.807) is 36.0 Å². The summed E-state index contributed by atoms with van der Waals surface area (Å²) in [5, 5.41) is 10.6.